The van der Waals surface area contributed by atoms with Crippen LogP contribution in [0.5, 0.6) is 0 Å². The number of nitrogens with zero attached hydrogens (tertiary/aromatic N) is 3. The molecular formula is C16H21F3IN5S. The third-order valence-corrected chi connectivity index (χ3v) is 4.07. The topological polar surface area (TPSA) is 62.2 Å². The molecule has 0 radical (unpaired) electrons. The van der Waals surface area contributed by atoms with Gasteiger partial charge in [-0.05, 0) is 26.0 Å². The molecule has 2 aromatic rings. The van der Waals surface area contributed by atoms with Gasteiger partial charge in [0.25, 0.3) is 0 Å². The zero-order valence-electron chi connectivity index (χ0n) is 14.4. The van der Waals surface area contributed by atoms with Crippen LogP contribution in [0.2, 0.25) is 0 Å². The van der Waals surface area contributed by atoms with Crippen molar-refractivity contribution in [2.45, 2.75) is 33.0 Å². The Morgan fingerprint density at radius 1 is 1.23 bits per heavy atom. The van der Waals surface area contributed by atoms with E-state index in [-0.39, 0.29) is 24.0 Å². The van der Waals surface area contributed by atoms with Gasteiger partial charge < -0.3 is 10.6 Å². The molecule has 2 heterocycles. The number of thiazole rings is 1. The molecule has 0 saturated carbocycles. The third-order valence-electron chi connectivity index (χ3n) is 3.16. The standard InChI is InChI=1S/C16H20F3N5S.HI/c1-3-20-15(22-9-12-6-4-5-11(2)23-12)21-8-7-14-24-13(10-25-14)16(17,18)19;/h4-6,10H,3,7-9H2,1-2H3,(H2,20,21,22);1H. The SMILES string of the molecule is CCNC(=NCc1cccc(C)n1)NCCc1nc(C(F)(F)F)cs1.I. The number of aryl methyl sites for hydroxylation is 1. The Labute approximate surface area is 171 Å². The van der Waals surface area contributed by atoms with Gasteiger partial charge in [0.05, 0.1) is 17.2 Å². The largest absolute Gasteiger partial charge is 0.434 e. The summed E-state index contributed by atoms with van der Waals surface area (Å²) in [6.07, 6.45) is -3.99. The van der Waals surface area contributed by atoms with Gasteiger partial charge in [-0.25, -0.2) is 9.98 Å². The average Bonchev–Trinajstić information content (AvgIpc) is 3.02. The van der Waals surface area contributed by atoms with Crippen LogP contribution in [-0.4, -0.2) is 29.0 Å². The maximum Gasteiger partial charge on any atom is 0.434 e. The third kappa shape index (κ3) is 7.44. The molecule has 0 unspecified atom stereocenters. The second-order valence-corrected chi connectivity index (χ2v) is 6.21. The van der Waals surface area contributed by atoms with Crippen molar-refractivity contribution >= 4 is 41.3 Å². The Kier molecular flexibility index (Phi) is 9.27. The molecule has 2 aromatic heterocycles. The smallest absolute Gasteiger partial charge is 0.357 e. The number of pyridine rings is 1. The molecule has 5 nitrogen and oxygen atoms in total. The summed E-state index contributed by atoms with van der Waals surface area (Å²) >= 11 is 1.01. The second-order valence-electron chi connectivity index (χ2n) is 5.27. The molecule has 2 rings (SSSR count). The van der Waals surface area contributed by atoms with Gasteiger partial charge in [-0.2, -0.15) is 13.2 Å². The summed E-state index contributed by atoms with van der Waals surface area (Å²) in [5, 5.41) is 7.68. The van der Waals surface area contributed by atoms with Crippen molar-refractivity contribution in [1.29, 1.82) is 0 Å². The summed E-state index contributed by atoms with van der Waals surface area (Å²) in [6.45, 7) is 5.41. The molecular weight excluding hydrogens is 478 g/mol. The summed E-state index contributed by atoms with van der Waals surface area (Å²) in [6, 6.07) is 5.74. The minimum atomic E-state index is -4.39. The highest BCUT2D eigenvalue weighted by molar-refractivity contribution is 14.0. The highest BCUT2D eigenvalue weighted by atomic mass is 127. The number of hydrogen-bond acceptors (Lipinski definition) is 4. The van der Waals surface area contributed by atoms with Crippen molar-refractivity contribution in [3.8, 4) is 0 Å². The minimum absolute atomic E-state index is 0. The number of guanidine groups is 1. The van der Waals surface area contributed by atoms with Crippen molar-refractivity contribution in [3.63, 3.8) is 0 Å². The maximum absolute atomic E-state index is 12.5. The Hall–Kier alpha value is -1.43. The monoisotopic (exact) mass is 499 g/mol. The first-order valence-corrected chi connectivity index (χ1v) is 8.72. The van der Waals surface area contributed by atoms with Gasteiger partial charge in [-0.15, -0.1) is 35.3 Å². The highest BCUT2D eigenvalue weighted by Crippen LogP contribution is 2.29. The number of aromatic nitrogens is 2. The number of aliphatic imine (C=N–C) groups is 1. The Morgan fingerprint density at radius 3 is 2.62 bits per heavy atom. The van der Waals surface area contributed by atoms with Crippen molar-refractivity contribution in [1.82, 2.24) is 20.6 Å². The van der Waals surface area contributed by atoms with E-state index in [1.807, 2.05) is 32.0 Å². The number of rotatable bonds is 6. The Bertz CT molecular complexity index is 718. The molecule has 0 amide bonds. The fraction of sp³-hybridized carbons (Fsp3) is 0.438. The van der Waals surface area contributed by atoms with Gasteiger partial charge in [0, 0.05) is 30.6 Å². The van der Waals surface area contributed by atoms with E-state index < -0.39 is 11.9 Å². The van der Waals surface area contributed by atoms with E-state index in [9.17, 15) is 13.2 Å². The van der Waals surface area contributed by atoms with E-state index in [0.717, 1.165) is 28.1 Å². The summed E-state index contributed by atoms with van der Waals surface area (Å²) < 4.78 is 37.6. The first kappa shape index (κ1) is 22.6. The molecule has 26 heavy (non-hydrogen) atoms. The van der Waals surface area contributed by atoms with Crippen LogP contribution < -0.4 is 10.6 Å². The highest BCUT2D eigenvalue weighted by Gasteiger charge is 2.33. The maximum atomic E-state index is 12.5. The quantitative estimate of drug-likeness (QED) is 0.361. The molecule has 0 aliphatic rings. The fourth-order valence-electron chi connectivity index (χ4n) is 2.03. The fourth-order valence-corrected chi connectivity index (χ4v) is 2.84. The van der Waals surface area contributed by atoms with E-state index in [1.54, 1.807) is 0 Å². The summed E-state index contributed by atoms with van der Waals surface area (Å²) in [5.41, 5.74) is 0.945. The van der Waals surface area contributed by atoms with Crippen LogP contribution >= 0.6 is 35.3 Å². The van der Waals surface area contributed by atoms with Crippen LogP contribution in [0.25, 0.3) is 0 Å². The predicted octanol–water partition coefficient (Wildman–Crippen LogP) is 3.78. The van der Waals surface area contributed by atoms with Gasteiger partial charge in [-0.1, -0.05) is 6.07 Å². The zero-order chi connectivity index (χ0) is 18.3. The molecule has 2 N–H and O–H groups in total. The van der Waals surface area contributed by atoms with Gasteiger partial charge >= 0.3 is 6.18 Å². The number of hydrogen-bond donors (Lipinski definition) is 2. The molecule has 0 aromatic carbocycles. The molecule has 0 aliphatic carbocycles. The van der Waals surface area contributed by atoms with E-state index >= 15 is 0 Å². The van der Waals surface area contributed by atoms with Gasteiger partial charge in [0.15, 0.2) is 11.7 Å². The van der Waals surface area contributed by atoms with Crippen LogP contribution in [0, 0.1) is 6.92 Å². The molecule has 0 atom stereocenters. The van der Waals surface area contributed by atoms with Crippen LogP contribution in [0.15, 0.2) is 28.6 Å². The number of halogens is 4. The molecule has 0 fully saturated rings. The van der Waals surface area contributed by atoms with Crippen LogP contribution in [0.4, 0.5) is 13.2 Å². The van der Waals surface area contributed by atoms with E-state index in [2.05, 4.69) is 25.6 Å². The second kappa shape index (κ2) is 10.7. The van der Waals surface area contributed by atoms with Crippen molar-refractivity contribution in [3.05, 3.63) is 45.7 Å². The first-order valence-electron chi connectivity index (χ1n) is 7.85. The van der Waals surface area contributed by atoms with Gasteiger partial charge in [0.2, 0.25) is 0 Å². The van der Waals surface area contributed by atoms with Crippen molar-refractivity contribution in [2.75, 3.05) is 13.1 Å². The minimum Gasteiger partial charge on any atom is -0.357 e. The number of alkyl halides is 3. The molecule has 0 saturated heterocycles. The normalized spacial score (nSPS) is 11.8. The Balaban J connectivity index is 0.00000338. The summed E-state index contributed by atoms with van der Waals surface area (Å²) in [4.78, 5) is 12.4. The van der Waals surface area contributed by atoms with Crippen molar-refractivity contribution in [2.24, 2.45) is 4.99 Å². The number of nitrogens with one attached hydrogen (secondary N) is 2. The van der Waals surface area contributed by atoms with Gasteiger partial charge in [-0.3, -0.25) is 4.98 Å². The summed E-state index contributed by atoms with van der Waals surface area (Å²) in [7, 11) is 0. The van der Waals surface area contributed by atoms with Crippen LogP contribution in [0.3, 0.4) is 0 Å². The first-order chi connectivity index (χ1) is 11.9. The lowest BCUT2D eigenvalue weighted by atomic mass is 10.3. The Morgan fingerprint density at radius 2 is 2.00 bits per heavy atom. The average molecular weight is 499 g/mol. The van der Waals surface area contributed by atoms with Crippen LogP contribution in [-0.2, 0) is 19.1 Å². The van der Waals surface area contributed by atoms with E-state index in [4.69, 9.17) is 0 Å². The predicted molar refractivity (Wildman–Crippen MR) is 108 cm³/mol. The molecule has 144 valence electrons. The van der Waals surface area contributed by atoms with E-state index in [1.165, 1.54) is 0 Å². The molecule has 10 heteroatoms. The molecule has 0 aliphatic heterocycles. The zero-order valence-corrected chi connectivity index (χ0v) is 17.6. The summed E-state index contributed by atoms with van der Waals surface area (Å²) in [5.74, 6) is 0.596. The lowest BCUT2D eigenvalue weighted by Crippen LogP contribution is -2.38. The van der Waals surface area contributed by atoms with Gasteiger partial charge in [0.1, 0.15) is 0 Å². The van der Waals surface area contributed by atoms with Crippen molar-refractivity contribution < 1.29 is 13.2 Å². The molecule has 0 bridgehead atoms. The van der Waals surface area contributed by atoms with E-state index in [0.29, 0.717) is 37.0 Å². The lowest BCUT2D eigenvalue weighted by Gasteiger charge is -2.10. The lowest BCUT2D eigenvalue weighted by molar-refractivity contribution is -0.140. The molecule has 0 spiro atoms. The van der Waals surface area contributed by atoms with Crippen LogP contribution in [0.1, 0.15) is 29.0 Å².